The zero-order valence-corrected chi connectivity index (χ0v) is 29.5. The van der Waals surface area contributed by atoms with E-state index in [0.29, 0.717) is 5.41 Å². The fourth-order valence-corrected chi connectivity index (χ4v) is 13.0. The third-order valence-corrected chi connectivity index (χ3v) is 15.2. The Morgan fingerprint density at radius 2 is 1.18 bits per heavy atom. The Bertz CT molecular complexity index is 2170. The number of fused-ring (bicyclic) bond motifs is 9. The predicted molar refractivity (Wildman–Crippen MR) is 203 cm³/mol. The van der Waals surface area contributed by atoms with Gasteiger partial charge in [-0.2, -0.15) is 0 Å². The summed E-state index contributed by atoms with van der Waals surface area (Å²) < 4.78 is 0. The van der Waals surface area contributed by atoms with Gasteiger partial charge in [-0.3, -0.25) is 0 Å². The molecule has 244 valence electrons. The van der Waals surface area contributed by atoms with Crippen molar-refractivity contribution in [3.8, 4) is 22.3 Å². The number of para-hydroxylation sites is 1. The third kappa shape index (κ3) is 3.48. The molecule has 4 saturated carbocycles. The van der Waals surface area contributed by atoms with Gasteiger partial charge in [0.25, 0.3) is 0 Å². The van der Waals surface area contributed by atoms with Crippen LogP contribution in [-0.4, -0.2) is 0 Å². The fraction of sp³-hybridized carbons (Fsp3) is 0.375. The maximum Gasteiger partial charge on any atom is 0.0468 e. The van der Waals surface area contributed by atoms with E-state index in [1.807, 2.05) is 0 Å². The summed E-state index contributed by atoms with van der Waals surface area (Å²) in [6, 6.07) is 44.6. The Morgan fingerprint density at radius 1 is 0.510 bits per heavy atom. The maximum absolute atomic E-state index is 2.62. The second-order valence-electron chi connectivity index (χ2n) is 18.1. The van der Waals surface area contributed by atoms with Crippen LogP contribution in [0, 0.1) is 29.1 Å². The first-order chi connectivity index (χ1) is 23.7. The van der Waals surface area contributed by atoms with Gasteiger partial charge in [0.1, 0.15) is 0 Å². The number of nitrogens with zero attached hydrogens (tertiary/aromatic N) is 1. The van der Waals surface area contributed by atoms with Gasteiger partial charge in [-0.25, -0.2) is 0 Å². The molecule has 5 aromatic rings. The quantitative estimate of drug-likeness (QED) is 0.189. The van der Waals surface area contributed by atoms with E-state index in [4.69, 9.17) is 0 Å². The SMILES string of the molecule is CC1(C)CCC(C)(C)c2cc(N(c3ccccc3)c3ccc4c(c3)-c3ccc(-c5ccccc5)cc3C43C4CC5CC6CC3C64C5)ccc21. The molecular weight excluding hydrogens is 591 g/mol. The van der Waals surface area contributed by atoms with Crippen molar-refractivity contribution in [1.29, 1.82) is 0 Å². The van der Waals surface area contributed by atoms with E-state index < -0.39 is 0 Å². The maximum atomic E-state index is 2.62. The molecule has 2 spiro atoms. The number of hydrogen-bond acceptors (Lipinski definition) is 1. The Hall–Kier alpha value is -4.10. The van der Waals surface area contributed by atoms with Crippen molar-refractivity contribution in [3.05, 3.63) is 138 Å². The van der Waals surface area contributed by atoms with E-state index in [9.17, 15) is 0 Å². The van der Waals surface area contributed by atoms with Crippen LogP contribution in [0.3, 0.4) is 0 Å². The van der Waals surface area contributed by atoms with E-state index in [0.717, 1.165) is 23.7 Å². The zero-order valence-electron chi connectivity index (χ0n) is 29.5. The number of rotatable bonds is 4. The van der Waals surface area contributed by atoms with Crippen molar-refractivity contribution in [2.45, 2.75) is 82.5 Å². The molecule has 2 bridgehead atoms. The number of anilines is 3. The molecule has 1 heteroatoms. The van der Waals surface area contributed by atoms with Crippen LogP contribution in [-0.2, 0) is 16.2 Å². The molecule has 6 aliphatic carbocycles. The molecule has 0 heterocycles. The van der Waals surface area contributed by atoms with E-state index >= 15 is 0 Å². The lowest BCUT2D eigenvalue weighted by molar-refractivity contribution is -0.231. The van der Waals surface area contributed by atoms with Crippen LogP contribution >= 0.6 is 0 Å². The van der Waals surface area contributed by atoms with E-state index in [-0.39, 0.29) is 16.2 Å². The average Bonchev–Trinajstić information content (AvgIpc) is 3.74. The molecule has 5 aromatic carbocycles. The number of hydrogen-bond donors (Lipinski definition) is 0. The lowest BCUT2D eigenvalue weighted by Crippen LogP contribution is -2.73. The molecule has 1 nitrogen and oxygen atoms in total. The minimum absolute atomic E-state index is 0.157. The Morgan fingerprint density at radius 3 is 1.94 bits per heavy atom. The minimum Gasteiger partial charge on any atom is -0.310 e. The molecule has 0 amide bonds. The van der Waals surface area contributed by atoms with Gasteiger partial charge in [-0.1, -0.05) is 100 Å². The van der Waals surface area contributed by atoms with Gasteiger partial charge in [0.05, 0.1) is 0 Å². The molecule has 0 N–H and O–H groups in total. The van der Waals surface area contributed by atoms with Crippen LogP contribution in [0.4, 0.5) is 17.1 Å². The molecule has 6 atom stereocenters. The van der Waals surface area contributed by atoms with Crippen molar-refractivity contribution in [3.63, 3.8) is 0 Å². The summed E-state index contributed by atoms with van der Waals surface area (Å²) in [6.07, 6.45) is 8.32. The molecule has 49 heavy (non-hydrogen) atoms. The van der Waals surface area contributed by atoms with Crippen LogP contribution in [0.5, 0.6) is 0 Å². The summed E-state index contributed by atoms with van der Waals surface area (Å²) in [5.74, 6) is 3.55. The fourth-order valence-electron chi connectivity index (χ4n) is 13.0. The lowest BCUT2D eigenvalue weighted by Gasteiger charge is -2.76. The first-order valence-electron chi connectivity index (χ1n) is 19.1. The van der Waals surface area contributed by atoms with Crippen LogP contribution < -0.4 is 4.90 Å². The summed E-state index contributed by atoms with van der Waals surface area (Å²) >= 11 is 0. The van der Waals surface area contributed by atoms with Crippen LogP contribution in [0.1, 0.15) is 88.5 Å². The first kappa shape index (κ1) is 28.7. The highest BCUT2D eigenvalue weighted by Gasteiger charge is 2.84. The van der Waals surface area contributed by atoms with Gasteiger partial charge in [-0.05, 0) is 165 Å². The molecule has 0 aliphatic heterocycles. The number of benzene rings is 5. The molecule has 11 rings (SSSR count). The van der Waals surface area contributed by atoms with E-state index in [2.05, 4.69) is 148 Å². The molecule has 0 radical (unpaired) electrons. The summed E-state index contributed by atoms with van der Waals surface area (Å²) in [5.41, 5.74) is 16.9. The molecule has 0 saturated heterocycles. The van der Waals surface area contributed by atoms with Gasteiger partial charge >= 0.3 is 0 Å². The Balaban J connectivity index is 1.10. The van der Waals surface area contributed by atoms with Crippen LogP contribution in [0.25, 0.3) is 22.3 Å². The Labute approximate surface area is 292 Å². The van der Waals surface area contributed by atoms with Crippen molar-refractivity contribution in [2.75, 3.05) is 4.90 Å². The molecule has 4 fully saturated rings. The smallest absolute Gasteiger partial charge is 0.0468 e. The topological polar surface area (TPSA) is 3.24 Å². The van der Waals surface area contributed by atoms with Crippen molar-refractivity contribution < 1.29 is 0 Å². The van der Waals surface area contributed by atoms with Gasteiger partial charge in [0.2, 0.25) is 0 Å². The molecular formula is C48H47N. The summed E-state index contributed by atoms with van der Waals surface area (Å²) in [5, 5.41) is 0. The highest BCUT2D eigenvalue weighted by molar-refractivity contribution is 5.90. The zero-order chi connectivity index (χ0) is 32.9. The lowest BCUT2D eigenvalue weighted by atomic mass is 9.27. The average molecular weight is 638 g/mol. The van der Waals surface area contributed by atoms with Gasteiger partial charge in [0.15, 0.2) is 0 Å². The van der Waals surface area contributed by atoms with E-state index in [1.54, 1.807) is 11.1 Å². The van der Waals surface area contributed by atoms with Crippen LogP contribution in [0.2, 0.25) is 0 Å². The minimum atomic E-state index is 0.157. The Kier molecular flexibility index (Phi) is 5.49. The van der Waals surface area contributed by atoms with Crippen molar-refractivity contribution in [1.82, 2.24) is 0 Å². The standard InChI is InChI=1S/C48H47N/c1-45(2)21-22-46(3,4)42-28-36(17-20-40(42)45)49(34-13-9-6-10-14-34)35-16-19-39-38(27-35)37-18-15-32(31-11-7-5-8-12-31)25-41(37)48(39)43-24-30-23-33-26-44(48)47(33,43)29-30/h5-20,25,27-28,30,33,43-44H,21-24,26,29H2,1-4H3. The highest BCUT2D eigenvalue weighted by Crippen LogP contribution is 2.89. The molecule has 6 aliphatic rings. The normalized spacial score (nSPS) is 31.3. The van der Waals surface area contributed by atoms with E-state index in [1.165, 1.54) is 89.0 Å². The van der Waals surface area contributed by atoms with Crippen molar-refractivity contribution in [2.24, 2.45) is 29.1 Å². The first-order valence-corrected chi connectivity index (χ1v) is 19.1. The highest BCUT2D eigenvalue weighted by atomic mass is 15.1. The predicted octanol–water partition coefficient (Wildman–Crippen LogP) is 12.5. The van der Waals surface area contributed by atoms with Gasteiger partial charge in [0, 0.05) is 22.5 Å². The van der Waals surface area contributed by atoms with Gasteiger partial charge in [-0.15, -0.1) is 0 Å². The second kappa shape index (κ2) is 9.36. The molecule has 0 aromatic heterocycles. The van der Waals surface area contributed by atoms with Crippen molar-refractivity contribution >= 4 is 17.1 Å². The van der Waals surface area contributed by atoms with Gasteiger partial charge < -0.3 is 4.90 Å². The summed E-state index contributed by atoms with van der Waals surface area (Å²) in [7, 11) is 0. The largest absolute Gasteiger partial charge is 0.310 e. The van der Waals surface area contributed by atoms with Crippen LogP contribution in [0.15, 0.2) is 115 Å². The molecule has 6 unspecified atom stereocenters. The summed E-state index contributed by atoms with van der Waals surface area (Å²) in [4.78, 5) is 2.53. The third-order valence-electron chi connectivity index (χ3n) is 15.2. The summed E-state index contributed by atoms with van der Waals surface area (Å²) in [6.45, 7) is 9.74. The second-order valence-corrected chi connectivity index (χ2v) is 18.1. The monoisotopic (exact) mass is 637 g/mol.